The summed E-state index contributed by atoms with van der Waals surface area (Å²) in [6.07, 6.45) is 1.42. The van der Waals surface area contributed by atoms with Gasteiger partial charge in [-0.3, -0.25) is 4.79 Å². The molecule has 12 heteroatoms. The minimum absolute atomic E-state index is 0.0107. The molecule has 3 aliphatic rings. The lowest BCUT2D eigenvalue weighted by atomic mass is 9.81. The van der Waals surface area contributed by atoms with Crippen LogP contribution in [0.3, 0.4) is 0 Å². The number of rotatable bonds is 6. The van der Waals surface area contributed by atoms with E-state index in [4.69, 9.17) is 10.1 Å². The van der Waals surface area contributed by atoms with Crippen molar-refractivity contribution < 1.29 is 32.9 Å². The van der Waals surface area contributed by atoms with Crippen LogP contribution in [0.5, 0.6) is 5.75 Å². The number of allylic oxidation sites excluding steroid dienone is 1. The molecule has 2 atom stereocenters. The van der Waals surface area contributed by atoms with E-state index in [0.717, 1.165) is 18.7 Å². The molecule has 1 saturated heterocycles. The Morgan fingerprint density at radius 1 is 1.38 bits per heavy atom. The molecule has 1 aromatic carbocycles. The van der Waals surface area contributed by atoms with Crippen molar-refractivity contribution in [2.45, 2.75) is 50.5 Å². The van der Waals surface area contributed by atoms with E-state index < -0.39 is 29.2 Å². The highest BCUT2D eigenvalue weighted by atomic mass is 19.4. The molecule has 200 valence electrons. The van der Waals surface area contributed by atoms with E-state index in [9.17, 15) is 28.2 Å². The van der Waals surface area contributed by atoms with Crippen LogP contribution in [-0.4, -0.2) is 65.6 Å². The summed E-state index contributed by atoms with van der Waals surface area (Å²) in [4.78, 5) is 19.1. The smallest absolute Gasteiger partial charge is 0.417 e. The molecule has 4 rings (SSSR count). The number of nitrogens with zero attached hydrogens (tertiary/aromatic N) is 2. The molecule has 37 heavy (non-hydrogen) atoms. The van der Waals surface area contributed by atoms with Gasteiger partial charge in [0, 0.05) is 49.8 Å². The molecule has 1 aromatic rings. The lowest BCUT2D eigenvalue weighted by Gasteiger charge is -2.41. The molecular weight excluding hydrogens is 491 g/mol. The van der Waals surface area contributed by atoms with Crippen LogP contribution in [0.2, 0.25) is 0 Å². The van der Waals surface area contributed by atoms with E-state index in [-0.39, 0.29) is 43.9 Å². The van der Waals surface area contributed by atoms with Crippen molar-refractivity contribution in [1.82, 2.24) is 5.32 Å². The van der Waals surface area contributed by atoms with Crippen LogP contribution in [0.4, 0.5) is 24.5 Å². The topological polar surface area (TPSA) is 130 Å². The molecule has 0 saturated carbocycles. The fourth-order valence-electron chi connectivity index (χ4n) is 4.82. The largest absolute Gasteiger partial charge is 0.484 e. The van der Waals surface area contributed by atoms with Crippen molar-refractivity contribution in [3.8, 4) is 5.75 Å². The zero-order valence-corrected chi connectivity index (χ0v) is 20.5. The number of benzene rings is 1. The maximum absolute atomic E-state index is 13.4. The highest BCUT2D eigenvalue weighted by Gasteiger charge is 2.55. The van der Waals surface area contributed by atoms with Gasteiger partial charge >= 0.3 is 6.18 Å². The van der Waals surface area contributed by atoms with Crippen molar-refractivity contribution in [1.29, 1.82) is 5.41 Å². The molecule has 1 fully saturated rings. The number of alkyl halides is 3. The number of nitrogens with one attached hydrogen (secondary N) is 3. The van der Waals surface area contributed by atoms with Crippen molar-refractivity contribution in [2.24, 2.45) is 10.9 Å². The number of carbonyl (C=O) groups is 1. The van der Waals surface area contributed by atoms with E-state index >= 15 is 0 Å². The quantitative estimate of drug-likeness (QED) is 0.289. The summed E-state index contributed by atoms with van der Waals surface area (Å²) in [7, 11) is 0. The van der Waals surface area contributed by atoms with Gasteiger partial charge in [0.15, 0.2) is 5.60 Å². The van der Waals surface area contributed by atoms with Gasteiger partial charge in [0.25, 0.3) is 5.91 Å². The molecule has 3 aliphatic heterocycles. The van der Waals surface area contributed by atoms with Gasteiger partial charge in [-0.15, -0.1) is 0 Å². The number of halogens is 3. The Labute approximate surface area is 212 Å². The predicted octanol–water partition coefficient (Wildman–Crippen LogP) is 2.89. The van der Waals surface area contributed by atoms with E-state index in [2.05, 4.69) is 15.6 Å². The maximum Gasteiger partial charge on any atom is 0.417 e. The lowest BCUT2D eigenvalue weighted by Crippen LogP contribution is -2.52. The minimum atomic E-state index is -4.74. The van der Waals surface area contributed by atoms with E-state index in [1.807, 2.05) is 4.90 Å². The number of carbonyl (C=O) groups excluding carboxylic acids is 1. The number of fused-ring (bicyclic) bond motifs is 1. The van der Waals surface area contributed by atoms with Crippen LogP contribution >= 0.6 is 0 Å². The van der Waals surface area contributed by atoms with Crippen LogP contribution in [0.1, 0.15) is 32.3 Å². The molecule has 0 radical (unpaired) electrons. The van der Waals surface area contributed by atoms with Crippen molar-refractivity contribution in [3.05, 3.63) is 41.4 Å². The molecule has 0 aromatic heterocycles. The molecule has 5 N–H and O–H groups in total. The second kappa shape index (κ2) is 9.82. The van der Waals surface area contributed by atoms with Crippen LogP contribution in [0, 0.1) is 11.3 Å². The van der Waals surface area contributed by atoms with Crippen molar-refractivity contribution >= 4 is 29.7 Å². The first-order chi connectivity index (χ1) is 17.4. The minimum Gasteiger partial charge on any atom is -0.484 e. The zero-order valence-electron chi connectivity index (χ0n) is 20.5. The Hall–Kier alpha value is -3.38. The Bertz CT molecular complexity index is 1170. The second-order valence-corrected chi connectivity index (χ2v) is 9.91. The lowest BCUT2D eigenvalue weighted by molar-refractivity contribution is -0.273. The highest BCUT2D eigenvalue weighted by Crippen LogP contribution is 2.45. The van der Waals surface area contributed by atoms with Gasteiger partial charge in [0.2, 0.25) is 0 Å². The fourth-order valence-corrected chi connectivity index (χ4v) is 4.82. The summed E-state index contributed by atoms with van der Waals surface area (Å²) in [5.41, 5.74) is -1.96. The third-order valence-corrected chi connectivity index (χ3v) is 7.14. The number of ether oxygens (including phenoxy) is 1. The first kappa shape index (κ1) is 26.7. The highest BCUT2D eigenvalue weighted by molar-refractivity contribution is 6.18. The van der Waals surface area contributed by atoms with Crippen molar-refractivity contribution in [3.63, 3.8) is 0 Å². The van der Waals surface area contributed by atoms with E-state index in [1.54, 1.807) is 31.3 Å². The summed E-state index contributed by atoms with van der Waals surface area (Å²) in [5, 5.41) is 33.3. The summed E-state index contributed by atoms with van der Waals surface area (Å²) >= 11 is 0. The van der Waals surface area contributed by atoms with Gasteiger partial charge in [-0.05, 0) is 44.7 Å². The molecule has 1 amide bonds. The molecule has 0 bridgehead atoms. The monoisotopic (exact) mass is 521 g/mol. The standard InChI is InChI=1S/C25H30F3N5O4/c1-23(14-34)12-15-10-18(32-22(35)17(13-29)21-30-6-3-7-31-21)19(11-20(15)37-23)33-8-4-16(5-9-33)24(2,36)25(26,27)28/h3,6-7,10-11,13,16,29-30,34,36H,4-5,8-9,12,14H2,1-2H3,(H,32,35)/b21-17-,29-13?. The zero-order chi connectivity index (χ0) is 27.0. The molecule has 9 nitrogen and oxygen atoms in total. The van der Waals surface area contributed by atoms with E-state index in [0.29, 0.717) is 23.5 Å². The Balaban J connectivity index is 1.64. The average molecular weight is 522 g/mol. The van der Waals surface area contributed by atoms with Gasteiger partial charge < -0.3 is 35.9 Å². The summed E-state index contributed by atoms with van der Waals surface area (Å²) in [5.74, 6) is -0.847. The van der Waals surface area contributed by atoms with Crippen LogP contribution in [0.15, 0.2) is 40.8 Å². The number of amides is 1. The third-order valence-electron chi connectivity index (χ3n) is 7.14. The van der Waals surface area contributed by atoms with E-state index in [1.165, 1.54) is 6.21 Å². The number of anilines is 2. The predicted molar refractivity (Wildman–Crippen MR) is 133 cm³/mol. The maximum atomic E-state index is 13.4. The van der Waals surface area contributed by atoms with Gasteiger partial charge in [-0.25, -0.2) is 4.99 Å². The number of hydrogen-bond donors (Lipinski definition) is 5. The molecule has 0 aliphatic carbocycles. The first-order valence-corrected chi connectivity index (χ1v) is 11.9. The van der Waals surface area contributed by atoms with Gasteiger partial charge in [-0.1, -0.05) is 0 Å². The number of aliphatic hydroxyl groups excluding tert-OH is 1. The SMILES string of the molecule is CC1(CO)Cc2cc(NC(=O)/C(C=N)=C3\N=CC=CN3)c(N3CCC(C(C)(O)C(F)(F)F)CC3)cc2O1. The summed E-state index contributed by atoms with van der Waals surface area (Å²) in [6.45, 7) is 2.77. The van der Waals surface area contributed by atoms with Crippen molar-refractivity contribution in [2.75, 3.05) is 29.9 Å². The van der Waals surface area contributed by atoms with Gasteiger partial charge in [0.1, 0.15) is 17.2 Å². The number of aliphatic hydroxyl groups is 2. The fraction of sp³-hybridized carbons (Fsp3) is 0.480. The number of piperidine rings is 1. The average Bonchev–Trinajstić information content (AvgIpc) is 3.20. The number of aliphatic imine (C=N–C) groups is 1. The summed E-state index contributed by atoms with van der Waals surface area (Å²) in [6, 6.07) is 3.44. The Kier molecular flexibility index (Phi) is 7.08. The third kappa shape index (κ3) is 5.21. The summed E-state index contributed by atoms with van der Waals surface area (Å²) < 4.78 is 46.1. The molecule has 3 heterocycles. The molecular formula is C25H30F3N5O4. The second-order valence-electron chi connectivity index (χ2n) is 9.91. The molecule has 2 unspecified atom stereocenters. The van der Waals surface area contributed by atoms with Crippen LogP contribution in [-0.2, 0) is 11.2 Å². The normalized spacial score (nSPS) is 24.6. The number of hydrogen-bond acceptors (Lipinski definition) is 8. The molecule has 0 spiro atoms. The first-order valence-electron chi connectivity index (χ1n) is 11.9. The van der Waals surface area contributed by atoms with Crippen LogP contribution < -0.4 is 20.3 Å². The Morgan fingerprint density at radius 3 is 2.65 bits per heavy atom. The van der Waals surface area contributed by atoms with Gasteiger partial charge in [-0.2, -0.15) is 13.2 Å². The van der Waals surface area contributed by atoms with Gasteiger partial charge in [0.05, 0.1) is 23.6 Å². The van der Waals surface area contributed by atoms with Crippen LogP contribution in [0.25, 0.3) is 0 Å². The Morgan fingerprint density at radius 2 is 2.08 bits per heavy atom.